The Labute approximate surface area is 169 Å². The van der Waals surface area contributed by atoms with E-state index < -0.39 is 6.10 Å². The van der Waals surface area contributed by atoms with Gasteiger partial charge in [-0.1, -0.05) is 37.1 Å². The van der Waals surface area contributed by atoms with E-state index in [-0.39, 0.29) is 0 Å². The van der Waals surface area contributed by atoms with Gasteiger partial charge >= 0.3 is 0 Å². The summed E-state index contributed by atoms with van der Waals surface area (Å²) in [6, 6.07) is 8.67. The summed E-state index contributed by atoms with van der Waals surface area (Å²) in [5.74, 6) is 2.69. The van der Waals surface area contributed by atoms with Crippen molar-refractivity contribution in [1.29, 1.82) is 0 Å². The highest BCUT2D eigenvalue weighted by atomic mass is 16.3. The number of nitrogens with one attached hydrogen (secondary N) is 1. The third-order valence-electron chi connectivity index (χ3n) is 6.74. The molecule has 4 rings (SSSR count). The summed E-state index contributed by atoms with van der Waals surface area (Å²) in [6.07, 6.45) is 6.19. The van der Waals surface area contributed by atoms with Gasteiger partial charge in [-0.3, -0.25) is 9.89 Å². The zero-order chi connectivity index (χ0) is 19.3. The van der Waals surface area contributed by atoms with Crippen molar-refractivity contribution in [2.45, 2.75) is 51.7 Å². The Balaban J connectivity index is 1.31. The minimum absolute atomic E-state index is 0.413. The Morgan fingerprint density at radius 2 is 1.89 bits per heavy atom. The van der Waals surface area contributed by atoms with Gasteiger partial charge in [-0.2, -0.15) is 0 Å². The highest BCUT2D eigenvalue weighted by Crippen LogP contribution is 2.35. The molecule has 1 aromatic carbocycles. The van der Waals surface area contributed by atoms with Gasteiger partial charge < -0.3 is 15.3 Å². The van der Waals surface area contributed by atoms with Crippen LogP contribution in [0.2, 0.25) is 0 Å². The summed E-state index contributed by atoms with van der Waals surface area (Å²) in [4.78, 5) is 9.62. The zero-order valence-electron chi connectivity index (χ0n) is 17.3. The average Bonchev–Trinajstić information content (AvgIpc) is 3.15. The van der Waals surface area contributed by atoms with Crippen LogP contribution in [0.3, 0.4) is 0 Å². The Morgan fingerprint density at radius 1 is 1.18 bits per heavy atom. The molecule has 3 aliphatic rings. The molecule has 3 unspecified atom stereocenters. The maximum atomic E-state index is 10.6. The Kier molecular flexibility index (Phi) is 6.53. The fourth-order valence-corrected chi connectivity index (χ4v) is 5.26. The smallest absolute Gasteiger partial charge is 0.194 e. The number of likely N-dealkylation sites (tertiary alicyclic amines) is 1. The summed E-state index contributed by atoms with van der Waals surface area (Å²) in [5, 5.41) is 14.1. The van der Waals surface area contributed by atoms with Crippen molar-refractivity contribution >= 4 is 5.96 Å². The monoisotopic (exact) mass is 384 g/mol. The predicted octanol–water partition coefficient (Wildman–Crippen LogP) is 2.49. The number of hydrogen-bond acceptors (Lipinski definition) is 3. The number of benzene rings is 1. The van der Waals surface area contributed by atoms with E-state index in [1.165, 1.54) is 36.8 Å². The van der Waals surface area contributed by atoms with E-state index in [9.17, 15) is 5.11 Å². The average molecular weight is 385 g/mol. The van der Waals surface area contributed by atoms with Crippen LogP contribution in [0.4, 0.5) is 0 Å². The largest absolute Gasteiger partial charge is 0.390 e. The van der Waals surface area contributed by atoms with Gasteiger partial charge in [0.25, 0.3) is 0 Å². The first-order chi connectivity index (χ1) is 13.7. The van der Waals surface area contributed by atoms with E-state index in [4.69, 9.17) is 4.99 Å². The number of hydrogen-bond donors (Lipinski definition) is 2. The molecule has 2 fully saturated rings. The third kappa shape index (κ3) is 4.69. The SMILES string of the molecule is CCNC(=NCC(O)CN1CCc2ccccc2C1)N1CC2CCCCC2C1. The molecular weight excluding hydrogens is 348 g/mol. The van der Waals surface area contributed by atoms with Crippen molar-refractivity contribution in [3.63, 3.8) is 0 Å². The molecule has 0 radical (unpaired) electrons. The second-order valence-corrected chi connectivity index (χ2v) is 8.81. The topological polar surface area (TPSA) is 51.1 Å². The van der Waals surface area contributed by atoms with Gasteiger partial charge in [-0.15, -0.1) is 0 Å². The predicted molar refractivity (Wildman–Crippen MR) is 114 cm³/mol. The van der Waals surface area contributed by atoms with Crippen LogP contribution in [0, 0.1) is 11.8 Å². The first-order valence-electron chi connectivity index (χ1n) is 11.2. The fraction of sp³-hybridized carbons (Fsp3) is 0.696. The number of aliphatic hydroxyl groups is 1. The van der Waals surface area contributed by atoms with Crippen LogP contribution < -0.4 is 5.32 Å². The molecular formula is C23H36N4O. The molecule has 0 amide bonds. The number of aliphatic hydroxyl groups excluding tert-OH is 1. The van der Waals surface area contributed by atoms with Crippen molar-refractivity contribution in [2.24, 2.45) is 16.8 Å². The minimum atomic E-state index is -0.413. The van der Waals surface area contributed by atoms with Crippen LogP contribution in [0.5, 0.6) is 0 Å². The molecule has 1 aromatic rings. The van der Waals surface area contributed by atoms with Crippen molar-refractivity contribution < 1.29 is 5.11 Å². The molecule has 1 saturated carbocycles. The molecule has 5 nitrogen and oxygen atoms in total. The number of nitrogens with zero attached hydrogens (tertiary/aromatic N) is 3. The van der Waals surface area contributed by atoms with Crippen LogP contribution >= 0.6 is 0 Å². The molecule has 154 valence electrons. The number of guanidine groups is 1. The first-order valence-corrected chi connectivity index (χ1v) is 11.2. The molecule has 0 bridgehead atoms. The summed E-state index contributed by atoms with van der Waals surface area (Å²) in [7, 11) is 0. The highest BCUT2D eigenvalue weighted by Gasteiger charge is 2.35. The van der Waals surface area contributed by atoms with Crippen LogP contribution in [-0.4, -0.2) is 66.2 Å². The number of fused-ring (bicyclic) bond motifs is 2. The second-order valence-electron chi connectivity index (χ2n) is 8.81. The van der Waals surface area contributed by atoms with Gasteiger partial charge in [0.05, 0.1) is 12.6 Å². The second kappa shape index (κ2) is 9.27. The van der Waals surface area contributed by atoms with Gasteiger partial charge in [0.1, 0.15) is 0 Å². The van der Waals surface area contributed by atoms with Gasteiger partial charge in [-0.05, 0) is 49.1 Å². The highest BCUT2D eigenvalue weighted by molar-refractivity contribution is 5.80. The maximum Gasteiger partial charge on any atom is 0.194 e. The van der Waals surface area contributed by atoms with Crippen LogP contribution in [0.15, 0.2) is 29.3 Å². The summed E-state index contributed by atoms with van der Waals surface area (Å²) in [6.45, 7) is 8.41. The zero-order valence-corrected chi connectivity index (χ0v) is 17.3. The van der Waals surface area contributed by atoms with E-state index in [1.54, 1.807) is 0 Å². The maximum absolute atomic E-state index is 10.6. The molecule has 0 aromatic heterocycles. The van der Waals surface area contributed by atoms with Crippen molar-refractivity contribution in [2.75, 3.05) is 39.3 Å². The van der Waals surface area contributed by atoms with Crippen LogP contribution in [-0.2, 0) is 13.0 Å². The summed E-state index contributed by atoms with van der Waals surface area (Å²) in [5.41, 5.74) is 2.86. The van der Waals surface area contributed by atoms with E-state index >= 15 is 0 Å². The summed E-state index contributed by atoms with van der Waals surface area (Å²) < 4.78 is 0. The van der Waals surface area contributed by atoms with Crippen LogP contribution in [0.25, 0.3) is 0 Å². The fourth-order valence-electron chi connectivity index (χ4n) is 5.26. The van der Waals surface area contributed by atoms with Crippen molar-refractivity contribution in [3.8, 4) is 0 Å². The lowest BCUT2D eigenvalue weighted by atomic mass is 9.82. The molecule has 1 saturated heterocycles. The molecule has 5 heteroatoms. The molecule has 2 N–H and O–H groups in total. The van der Waals surface area contributed by atoms with E-state index in [2.05, 4.69) is 46.3 Å². The normalized spacial score (nSPS) is 26.6. The van der Waals surface area contributed by atoms with E-state index in [0.29, 0.717) is 13.1 Å². The number of aliphatic imine (C=N–C) groups is 1. The van der Waals surface area contributed by atoms with E-state index in [1.807, 2.05) is 0 Å². The minimum Gasteiger partial charge on any atom is -0.390 e. The molecule has 28 heavy (non-hydrogen) atoms. The van der Waals surface area contributed by atoms with Gasteiger partial charge in [0.15, 0.2) is 5.96 Å². The van der Waals surface area contributed by atoms with Crippen molar-refractivity contribution in [1.82, 2.24) is 15.1 Å². The van der Waals surface area contributed by atoms with E-state index in [0.717, 1.165) is 56.9 Å². The lowest BCUT2D eigenvalue weighted by Gasteiger charge is -2.30. The van der Waals surface area contributed by atoms with Gasteiger partial charge in [0, 0.05) is 39.3 Å². The van der Waals surface area contributed by atoms with Gasteiger partial charge in [-0.25, -0.2) is 0 Å². The number of β-amino-alcohol motifs (C(OH)–C–C–N with tert-alkyl or cyclic N) is 1. The van der Waals surface area contributed by atoms with Gasteiger partial charge in [0.2, 0.25) is 0 Å². The number of rotatable bonds is 5. The molecule has 2 aliphatic heterocycles. The standard InChI is InChI=1S/C23H36N4O/c1-2-24-23(27-15-20-9-5-6-10-21(20)16-27)25-13-22(28)17-26-12-11-18-7-3-4-8-19(18)14-26/h3-4,7-8,20-22,28H,2,5-6,9-17H2,1H3,(H,24,25). The van der Waals surface area contributed by atoms with Crippen LogP contribution in [0.1, 0.15) is 43.7 Å². The van der Waals surface area contributed by atoms with Crippen molar-refractivity contribution in [3.05, 3.63) is 35.4 Å². The Bertz CT molecular complexity index is 662. The third-order valence-corrected chi connectivity index (χ3v) is 6.74. The Morgan fingerprint density at radius 3 is 2.61 bits per heavy atom. The molecule has 3 atom stereocenters. The first kappa shape index (κ1) is 19.7. The lowest BCUT2D eigenvalue weighted by molar-refractivity contribution is 0.111. The molecule has 1 aliphatic carbocycles. The molecule has 0 spiro atoms. The quantitative estimate of drug-likeness (QED) is 0.605. The molecule has 2 heterocycles. The Hall–Kier alpha value is -1.59. The summed E-state index contributed by atoms with van der Waals surface area (Å²) >= 11 is 0. The lowest BCUT2D eigenvalue weighted by Crippen LogP contribution is -2.42.